The van der Waals surface area contributed by atoms with E-state index in [4.69, 9.17) is 4.74 Å². The average Bonchev–Trinajstić information content (AvgIpc) is 2.23. The zero-order valence-corrected chi connectivity index (χ0v) is 10.4. The largest absolute Gasteiger partial charge is 0.444 e. The Morgan fingerprint density at radius 1 is 1.50 bits per heavy atom. The molecule has 0 aliphatic carbocycles. The molecule has 1 fully saturated rings. The minimum Gasteiger partial charge on any atom is -0.444 e. The zero-order chi connectivity index (χ0) is 12.3. The Morgan fingerprint density at radius 2 is 2.12 bits per heavy atom. The van der Waals surface area contributed by atoms with Crippen LogP contribution in [0.3, 0.4) is 0 Å². The van der Waals surface area contributed by atoms with Crippen molar-refractivity contribution in [1.29, 1.82) is 0 Å². The Bertz CT molecular complexity index is 283. The van der Waals surface area contributed by atoms with Crippen molar-refractivity contribution in [3.63, 3.8) is 0 Å². The van der Waals surface area contributed by atoms with Gasteiger partial charge in [0, 0.05) is 12.6 Å². The van der Waals surface area contributed by atoms with E-state index in [0.717, 1.165) is 6.42 Å². The van der Waals surface area contributed by atoms with Crippen LogP contribution in [-0.2, 0) is 9.53 Å². The number of carbonyl (C=O) groups is 2. The molecule has 0 aromatic carbocycles. The van der Waals surface area contributed by atoms with Crippen molar-refractivity contribution >= 4 is 12.0 Å². The standard InChI is InChI=1S/C11H20N2O3/c1-8-5-6-13(7-9(14)12-8)10(15)16-11(2,3)4/h8H,5-7H2,1-4H3,(H,12,14). The lowest BCUT2D eigenvalue weighted by atomic mass is 10.2. The van der Waals surface area contributed by atoms with Crippen molar-refractivity contribution in [2.45, 2.75) is 45.8 Å². The van der Waals surface area contributed by atoms with Gasteiger partial charge in [-0.1, -0.05) is 0 Å². The number of hydrogen-bond donors (Lipinski definition) is 1. The van der Waals surface area contributed by atoms with Gasteiger partial charge in [0.1, 0.15) is 12.1 Å². The maximum atomic E-state index is 11.7. The lowest BCUT2D eigenvalue weighted by Crippen LogP contribution is -2.41. The van der Waals surface area contributed by atoms with Gasteiger partial charge in [0.05, 0.1) is 0 Å². The van der Waals surface area contributed by atoms with Gasteiger partial charge < -0.3 is 10.1 Å². The number of carbonyl (C=O) groups excluding carboxylic acids is 2. The molecule has 1 unspecified atom stereocenters. The van der Waals surface area contributed by atoms with Crippen molar-refractivity contribution < 1.29 is 14.3 Å². The van der Waals surface area contributed by atoms with Gasteiger partial charge in [-0.3, -0.25) is 9.69 Å². The third kappa shape index (κ3) is 4.08. The van der Waals surface area contributed by atoms with Gasteiger partial charge in [0.25, 0.3) is 0 Å². The smallest absolute Gasteiger partial charge is 0.410 e. The number of nitrogens with zero attached hydrogens (tertiary/aromatic N) is 1. The van der Waals surface area contributed by atoms with Crippen LogP contribution in [0.4, 0.5) is 4.79 Å². The normalized spacial score (nSPS) is 22.4. The molecule has 5 heteroatoms. The van der Waals surface area contributed by atoms with Crippen molar-refractivity contribution in [3.05, 3.63) is 0 Å². The maximum absolute atomic E-state index is 11.7. The van der Waals surface area contributed by atoms with E-state index in [1.807, 2.05) is 27.7 Å². The van der Waals surface area contributed by atoms with Gasteiger partial charge in [-0.05, 0) is 34.1 Å². The van der Waals surface area contributed by atoms with Gasteiger partial charge in [-0.25, -0.2) is 4.79 Å². The summed E-state index contributed by atoms with van der Waals surface area (Å²) in [5, 5.41) is 2.80. The summed E-state index contributed by atoms with van der Waals surface area (Å²) in [6.45, 7) is 7.99. The summed E-state index contributed by atoms with van der Waals surface area (Å²) in [4.78, 5) is 24.6. The minimum atomic E-state index is -0.522. The summed E-state index contributed by atoms with van der Waals surface area (Å²) in [5.41, 5.74) is -0.522. The van der Waals surface area contributed by atoms with Crippen LogP contribution in [0, 0.1) is 0 Å². The van der Waals surface area contributed by atoms with Crippen LogP contribution < -0.4 is 5.32 Å². The second kappa shape index (κ2) is 4.72. The Labute approximate surface area is 96.1 Å². The first kappa shape index (κ1) is 12.8. The molecule has 1 rings (SSSR count). The van der Waals surface area contributed by atoms with Crippen LogP contribution in [0.5, 0.6) is 0 Å². The lowest BCUT2D eigenvalue weighted by Gasteiger charge is -2.25. The Morgan fingerprint density at radius 3 is 2.69 bits per heavy atom. The number of hydrogen-bond acceptors (Lipinski definition) is 3. The lowest BCUT2D eigenvalue weighted by molar-refractivity contribution is -0.122. The van der Waals surface area contributed by atoms with Crippen molar-refractivity contribution in [2.24, 2.45) is 0 Å². The van der Waals surface area contributed by atoms with E-state index in [2.05, 4.69) is 5.32 Å². The molecule has 0 aromatic heterocycles. The highest BCUT2D eigenvalue weighted by Gasteiger charge is 2.26. The SMILES string of the molecule is CC1CCN(C(=O)OC(C)(C)C)CC(=O)N1. The molecule has 1 saturated heterocycles. The van der Waals surface area contributed by atoms with Crippen LogP contribution in [-0.4, -0.2) is 41.6 Å². The molecule has 2 amide bonds. The third-order valence-corrected chi connectivity index (χ3v) is 2.23. The summed E-state index contributed by atoms with van der Waals surface area (Å²) in [6.07, 6.45) is 0.335. The average molecular weight is 228 g/mol. The van der Waals surface area contributed by atoms with E-state index in [9.17, 15) is 9.59 Å². The second-order valence-corrected chi connectivity index (χ2v) is 5.16. The topological polar surface area (TPSA) is 58.6 Å². The Kier molecular flexibility index (Phi) is 3.78. The Balaban J connectivity index is 2.59. The molecule has 16 heavy (non-hydrogen) atoms. The maximum Gasteiger partial charge on any atom is 0.410 e. The number of nitrogens with one attached hydrogen (secondary N) is 1. The molecule has 0 saturated carbocycles. The summed E-state index contributed by atoms with van der Waals surface area (Å²) in [6, 6.07) is 0.111. The monoisotopic (exact) mass is 228 g/mol. The van der Waals surface area contributed by atoms with Crippen LogP contribution in [0.25, 0.3) is 0 Å². The van der Waals surface area contributed by atoms with E-state index >= 15 is 0 Å². The molecule has 0 bridgehead atoms. The van der Waals surface area contributed by atoms with Crippen LogP contribution in [0.1, 0.15) is 34.1 Å². The second-order valence-electron chi connectivity index (χ2n) is 5.16. The molecule has 1 aliphatic rings. The molecule has 0 spiro atoms. The molecular weight excluding hydrogens is 208 g/mol. The van der Waals surface area contributed by atoms with Gasteiger partial charge >= 0.3 is 6.09 Å². The predicted molar refractivity (Wildman–Crippen MR) is 60.0 cm³/mol. The molecule has 1 heterocycles. The van der Waals surface area contributed by atoms with Gasteiger partial charge in [0.2, 0.25) is 5.91 Å². The fraction of sp³-hybridized carbons (Fsp3) is 0.818. The summed E-state index contributed by atoms with van der Waals surface area (Å²) in [5.74, 6) is -0.129. The fourth-order valence-corrected chi connectivity index (χ4v) is 1.48. The predicted octanol–water partition coefficient (Wildman–Crippen LogP) is 1.13. The Hall–Kier alpha value is -1.26. The highest BCUT2D eigenvalue weighted by Crippen LogP contribution is 2.11. The number of ether oxygens (including phenoxy) is 1. The van der Waals surface area contributed by atoms with Crippen molar-refractivity contribution in [2.75, 3.05) is 13.1 Å². The van der Waals surface area contributed by atoms with Crippen LogP contribution in [0.15, 0.2) is 0 Å². The minimum absolute atomic E-state index is 0.0826. The molecule has 1 N–H and O–H groups in total. The molecular formula is C11H20N2O3. The van der Waals surface area contributed by atoms with Gasteiger partial charge in [-0.15, -0.1) is 0 Å². The third-order valence-electron chi connectivity index (χ3n) is 2.23. The first-order valence-electron chi connectivity index (χ1n) is 5.55. The van der Waals surface area contributed by atoms with Gasteiger partial charge in [-0.2, -0.15) is 0 Å². The van der Waals surface area contributed by atoms with E-state index in [-0.39, 0.29) is 18.5 Å². The van der Waals surface area contributed by atoms with E-state index in [1.54, 1.807) is 0 Å². The quantitative estimate of drug-likeness (QED) is 0.676. The fourth-order valence-electron chi connectivity index (χ4n) is 1.48. The van der Waals surface area contributed by atoms with Gasteiger partial charge in [0.15, 0.2) is 0 Å². The number of rotatable bonds is 0. The molecule has 0 aromatic rings. The summed E-state index contributed by atoms with van der Waals surface area (Å²) in [7, 11) is 0. The summed E-state index contributed by atoms with van der Waals surface area (Å²) >= 11 is 0. The van der Waals surface area contributed by atoms with Crippen LogP contribution >= 0.6 is 0 Å². The van der Waals surface area contributed by atoms with E-state index in [1.165, 1.54) is 4.90 Å². The van der Waals surface area contributed by atoms with E-state index < -0.39 is 11.7 Å². The van der Waals surface area contributed by atoms with Crippen molar-refractivity contribution in [1.82, 2.24) is 10.2 Å². The first-order valence-corrected chi connectivity index (χ1v) is 5.55. The molecule has 92 valence electrons. The molecule has 0 radical (unpaired) electrons. The van der Waals surface area contributed by atoms with E-state index in [0.29, 0.717) is 6.54 Å². The molecule has 1 atom stereocenters. The number of amides is 2. The molecule has 5 nitrogen and oxygen atoms in total. The first-order chi connectivity index (χ1) is 7.28. The van der Waals surface area contributed by atoms with Crippen LogP contribution in [0.2, 0.25) is 0 Å². The summed E-state index contributed by atoms with van der Waals surface area (Å²) < 4.78 is 5.22. The highest BCUT2D eigenvalue weighted by atomic mass is 16.6. The molecule has 1 aliphatic heterocycles. The zero-order valence-electron chi connectivity index (χ0n) is 10.4. The van der Waals surface area contributed by atoms with Crippen molar-refractivity contribution in [3.8, 4) is 0 Å². The highest BCUT2D eigenvalue weighted by molar-refractivity contribution is 5.82.